The summed E-state index contributed by atoms with van der Waals surface area (Å²) in [6, 6.07) is 8.06. The molecule has 2 aromatic heterocycles. The van der Waals surface area contributed by atoms with E-state index >= 15 is 0 Å². The molecule has 8 heteroatoms. The van der Waals surface area contributed by atoms with Crippen molar-refractivity contribution in [2.75, 3.05) is 31.1 Å². The van der Waals surface area contributed by atoms with Gasteiger partial charge in [-0.2, -0.15) is 14.6 Å². The Kier molecular flexibility index (Phi) is 3.23. The fourth-order valence-corrected chi connectivity index (χ4v) is 3.45. The van der Waals surface area contributed by atoms with Gasteiger partial charge >= 0.3 is 6.03 Å². The van der Waals surface area contributed by atoms with Gasteiger partial charge in [-0.05, 0) is 23.7 Å². The molecule has 0 saturated carbocycles. The minimum atomic E-state index is -0.173. The first-order valence-corrected chi connectivity index (χ1v) is 7.85. The molecule has 1 saturated heterocycles. The third-order valence-corrected chi connectivity index (χ3v) is 4.61. The molecule has 1 aliphatic heterocycles. The van der Waals surface area contributed by atoms with Gasteiger partial charge in [0.25, 0.3) is 0 Å². The summed E-state index contributed by atoms with van der Waals surface area (Å²) in [5.41, 5.74) is 0. The highest BCUT2D eigenvalue weighted by Crippen LogP contribution is 2.29. The number of anilines is 1. The van der Waals surface area contributed by atoms with Crippen LogP contribution in [0.25, 0.3) is 10.1 Å². The van der Waals surface area contributed by atoms with Crippen molar-refractivity contribution in [2.24, 2.45) is 0 Å². The molecule has 22 heavy (non-hydrogen) atoms. The molecular weight excluding hydrogens is 300 g/mol. The van der Waals surface area contributed by atoms with Gasteiger partial charge in [-0.25, -0.2) is 4.79 Å². The van der Waals surface area contributed by atoms with E-state index in [4.69, 9.17) is 0 Å². The van der Waals surface area contributed by atoms with Gasteiger partial charge in [0.2, 0.25) is 0 Å². The number of rotatable bonds is 1. The van der Waals surface area contributed by atoms with Gasteiger partial charge in [0.1, 0.15) is 5.82 Å². The first-order chi connectivity index (χ1) is 10.8. The zero-order valence-corrected chi connectivity index (χ0v) is 12.6. The second-order valence-electron chi connectivity index (χ2n) is 5.08. The van der Waals surface area contributed by atoms with Crippen LogP contribution in [0.4, 0.5) is 10.6 Å². The molecule has 0 unspecified atom stereocenters. The van der Waals surface area contributed by atoms with Gasteiger partial charge in [0, 0.05) is 31.6 Å². The molecular formula is C14H14N6OS. The van der Waals surface area contributed by atoms with E-state index in [2.05, 4.69) is 31.6 Å². The van der Waals surface area contributed by atoms with Crippen LogP contribution >= 0.6 is 11.5 Å². The van der Waals surface area contributed by atoms with Gasteiger partial charge < -0.3 is 9.80 Å². The number of carbonyl (C=O) groups excluding carboxylic acids is 1. The Morgan fingerprint density at radius 1 is 1.05 bits per heavy atom. The third-order valence-electron chi connectivity index (χ3n) is 3.80. The Bertz CT molecular complexity index is 791. The SMILES string of the molecule is O=C(N1CCN(c2nsc3ccccc23)CC1)n1nccn1. The molecule has 3 aromatic rings. The summed E-state index contributed by atoms with van der Waals surface area (Å²) in [5, 5.41) is 8.96. The van der Waals surface area contributed by atoms with Crippen LogP contribution in [-0.2, 0) is 0 Å². The lowest BCUT2D eigenvalue weighted by Crippen LogP contribution is -2.50. The van der Waals surface area contributed by atoms with E-state index in [1.54, 1.807) is 4.90 Å². The maximum atomic E-state index is 12.2. The molecule has 3 heterocycles. The highest BCUT2D eigenvalue weighted by molar-refractivity contribution is 7.13. The van der Waals surface area contributed by atoms with Crippen LogP contribution in [0.3, 0.4) is 0 Å². The minimum absolute atomic E-state index is 0.173. The number of aromatic nitrogens is 4. The summed E-state index contributed by atoms with van der Waals surface area (Å²) < 4.78 is 5.76. The molecule has 1 fully saturated rings. The number of benzene rings is 1. The molecule has 1 amide bonds. The van der Waals surface area contributed by atoms with Crippen molar-refractivity contribution in [3.8, 4) is 0 Å². The maximum Gasteiger partial charge on any atom is 0.362 e. The van der Waals surface area contributed by atoms with E-state index in [1.807, 2.05) is 12.1 Å². The number of amides is 1. The van der Waals surface area contributed by atoms with Gasteiger partial charge in [-0.15, -0.1) is 0 Å². The van der Waals surface area contributed by atoms with E-state index in [0.717, 1.165) is 23.7 Å². The predicted octanol–water partition coefficient (Wildman–Crippen LogP) is 1.68. The average Bonchev–Trinajstić information content (AvgIpc) is 3.24. The Hall–Kier alpha value is -2.48. The molecule has 0 radical (unpaired) electrons. The van der Waals surface area contributed by atoms with Gasteiger partial charge in [-0.3, -0.25) is 0 Å². The summed E-state index contributed by atoms with van der Waals surface area (Å²) in [6.45, 7) is 2.82. The number of fused-ring (bicyclic) bond motifs is 1. The molecule has 0 bridgehead atoms. The van der Waals surface area contributed by atoms with Crippen LogP contribution in [0.15, 0.2) is 36.7 Å². The summed E-state index contributed by atoms with van der Waals surface area (Å²) in [7, 11) is 0. The monoisotopic (exact) mass is 314 g/mol. The van der Waals surface area contributed by atoms with Crippen molar-refractivity contribution in [1.82, 2.24) is 24.3 Å². The summed E-state index contributed by atoms with van der Waals surface area (Å²) in [5.74, 6) is 1.02. The highest BCUT2D eigenvalue weighted by atomic mass is 32.1. The number of hydrogen-bond donors (Lipinski definition) is 0. The van der Waals surface area contributed by atoms with Crippen molar-refractivity contribution >= 4 is 33.5 Å². The van der Waals surface area contributed by atoms with Crippen molar-refractivity contribution in [2.45, 2.75) is 0 Å². The standard InChI is InChI=1S/C14H14N6OS/c21-14(20-15-5-6-16-20)19-9-7-18(8-10-19)13-11-3-1-2-4-12(11)22-17-13/h1-6H,7-10H2. The molecule has 4 rings (SSSR count). The number of piperazine rings is 1. The van der Waals surface area contributed by atoms with Crippen molar-refractivity contribution in [1.29, 1.82) is 0 Å². The van der Waals surface area contributed by atoms with Crippen LogP contribution in [0.1, 0.15) is 0 Å². The molecule has 1 aromatic carbocycles. The lowest BCUT2D eigenvalue weighted by Gasteiger charge is -2.34. The van der Waals surface area contributed by atoms with E-state index in [0.29, 0.717) is 13.1 Å². The van der Waals surface area contributed by atoms with Gasteiger partial charge in [0.05, 0.1) is 17.1 Å². The highest BCUT2D eigenvalue weighted by Gasteiger charge is 2.25. The summed E-state index contributed by atoms with van der Waals surface area (Å²) >= 11 is 1.52. The van der Waals surface area contributed by atoms with Crippen LogP contribution in [0.5, 0.6) is 0 Å². The Labute approximate surface area is 130 Å². The fraction of sp³-hybridized carbons (Fsp3) is 0.286. The van der Waals surface area contributed by atoms with Gasteiger partial charge in [0.15, 0.2) is 0 Å². The molecule has 0 N–H and O–H groups in total. The minimum Gasteiger partial charge on any atom is -0.352 e. The first kappa shape index (κ1) is 13.2. The normalized spacial score (nSPS) is 15.5. The topological polar surface area (TPSA) is 67.2 Å². The van der Waals surface area contributed by atoms with Crippen molar-refractivity contribution < 1.29 is 4.79 Å². The van der Waals surface area contributed by atoms with Crippen LogP contribution < -0.4 is 4.90 Å². The van der Waals surface area contributed by atoms with Crippen LogP contribution in [-0.4, -0.2) is 56.5 Å². The predicted molar refractivity (Wildman–Crippen MR) is 84.2 cm³/mol. The largest absolute Gasteiger partial charge is 0.362 e. The molecule has 0 spiro atoms. The lowest BCUT2D eigenvalue weighted by molar-refractivity contribution is 0.188. The smallest absolute Gasteiger partial charge is 0.352 e. The first-order valence-electron chi connectivity index (χ1n) is 7.08. The summed E-state index contributed by atoms with van der Waals surface area (Å²) in [6.07, 6.45) is 3.02. The number of carbonyl (C=O) groups is 1. The molecule has 1 aliphatic rings. The second-order valence-corrected chi connectivity index (χ2v) is 5.88. The molecule has 112 valence electrons. The fourth-order valence-electron chi connectivity index (χ4n) is 2.65. The lowest BCUT2D eigenvalue weighted by atomic mass is 10.2. The number of nitrogens with zero attached hydrogens (tertiary/aromatic N) is 6. The van der Waals surface area contributed by atoms with Crippen LogP contribution in [0, 0.1) is 0 Å². The van der Waals surface area contributed by atoms with Crippen molar-refractivity contribution in [3.63, 3.8) is 0 Å². The number of hydrogen-bond acceptors (Lipinski definition) is 6. The molecule has 7 nitrogen and oxygen atoms in total. The van der Waals surface area contributed by atoms with E-state index in [9.17, 15) is 4.79 Å². The average molecular weight is 314 g/mol. The molecule has 0 atom stereocenters. The quantitative estimate of drug-likeness (QED) is 0.683. The van der Waals surface area contributed by atoms with E-state index in [-0.39, 0.29) is 6.03 Å². The Morgan fingerprint density at radius 2 is 1.77 bits per heavy atom. The molecule has 0 aliphatic carbocycles. The van der Waals surface area contributed by atoms with Gasteiger partial charge in [-0.1, -0.05) is 16.9 Å². The Balaban J connectivity index is 1.49. The zero-order chi connectivity index (χ0) is 14.9. The Morgan fingerprint density at radius 3 is 2.55 bits per heavy atom. The summed E-state index contributed by atoms with van der Waals surface area (Å²) in [4.78, 5) is 17.3. The zero-order valence-electron chi connectivity index (χ0n) is 11.8. The third kappa shape index (κ3) is 2.21. The van der Waals surface area contributed by atoms with Crippen LogP contribution in [0.2, 0.25) is 0 Å². The van der Waals surface area contributed by atoms with Crippen molar-refractivity contribution in [3.05, 3.63) is 36.7 Å². The second kappa shape index (κ2) is 5.38. The van der Waals surface area contributed by atoms with E-state index < -0.39 is 0 Å². The van der Waals surface area contributed by atoms with E-state index in [1.165, 1.54) is 34.0 Å². The maximum absolute atomic E-state index is 12.2.